The number of nitrogens with one attached hydrogen (secondary N) is 1. The van der Waals surface area contributed by atoms with Crippen molar-refractivity contribution in [1.82, 2.24) is 29.1 Å². The number of hydrogen-bond acceptors (Lipinski definition) is 7. The fraction of sp³-hybridized carbons (Fsp3) is 0.304. The van der Waals surface area contributed by atoms with Crippen LogP contribution >= 0.6 is 23.2 Å². The smallest absolute Gasteiger partial charge is 0.383 e. The number of hydrogen-bond donors (Lipinski definition) is 2. The number of alkyl halides is 3. The van der Waals surface area contributed by atoms with Crippen LogP contribution in [0.2, 0.25) is 10.0 Å². The Hall–Kier alpha value is -3.39. The van der Waals surface area contributed by atoms with Gasteiger partial charge >= 0.3 is 11.9 Å². The van der Waals surface area contributed by atoms with Gasteiger partial charge in [-0.25, -0.2) is 9.48 Å². The van der Waals surface area contributed by atoms with E-state index >= 15 is 0 Å². The molecule has 0 spiro atoms. The second-order valence-electron chi connectivity index (χ2n) is 8.07. The van der Waals surface area contributed by atoms with E-state index < -0.39 is 24.5 Å². The summed E-state index contributed by atoms with van der Waals surface area (Å²) in [6, 6.07) is 12.9. The van der Waals surface area contributed by atoms with Crippen molar-refractivity contribution in [3.63, 3.8) is 0 Å². The lowest BCUT2D eigenvalue weighted by molar-refractivity contribution is -0.207. The van der Waals surface area contributed by atoms with Crippen molar-refractivity contribution >= 4 is 29.2 Å². The van der Waals surface area contributed by atoms with Crippen LogP contribution in [-0.4, -0.2) is 66.8 Å². The van der Waals surface area contributed by atoms with Gasteiger partial charge in [-0.1, -0.05) is 35.3 Å². The molecule has 0 aliphatic rings. The summed E-state index contributed by atoms with van der Waals surface area (Å²) in [7, 11) is 1.54. The van der Waals surface area contributed by atoms with Gasteiger partial charge in [0.15, 0.2) is 17.8 Å². The van der Waals surface area contributed by atoms with E-state index in [0.29, 0.717) is 40.4 Å². The SMILES string of the molecule is COCCNc1nc(Cn2nc(-c3ccc(Cl)cc3)n(CC(O)C(F)(F)F)c2=O)nn1-c1ccccc1Cl. The van der Waals surface area contributed by atoms with Crippen molar-refractivity contribution in [3.05, 3.63) is 74.9 Å². The molecule has 38 heavy (non-hydrogen) atoms. The van der Waals surface area contributed by atoms with E-state index in [4.69, 9.17) is 27.9 Å². The van der Waals surface area contributed by atoms with Gasteiger partial charge in [-0.15, -0.1) is 10.2 Å². The Morgan fingerprint density at radius 3 is 2.47 bits per heavy atom. The standard InChI is InChI=1S/C23H22Cl2F3N7O3/c1-38-11-10-29-21-30-19(31-35(21)17-5-3-2-4-16(17)25)13-34-22(37)33(12-18(36)23(26,27)28)20(32-34)14-6-8-15(24)9-7-14/h2-9,18,36H,10-13H2,1H3,(H,29,30,31). The van der Waals surface area contributed by atoms with E-state index in [1.165, 1.54) is 28.9 Å². The first-order valence-corrected chi connectivity index (χ1v) is 12.0. The van der Waals surface area contributed by atoms with Gasteiger partial charge in [-0.05, 0) is 36.4 Å². The third-order valence-electron chi connectivity index (χ3n) is 5.37. The Balaban J connectivity index is 1.74. The molecule has 4 aromatic rings. The van der Waals surface area contributed by atoms with E-state index in [1.807, 2.05) is 0 Å². The monoisotopic (exact) mass is 571 g/mol. The second-order valence-corrected chi connectivity index (χ2v) is 8.92. The number of ether oxygens (including phenoxy) is 1. The molecule has 2 aromatic carbocycles. The Kier molecular flexibility index (Phi) is 8.41. The average molecular weight is 572 g/mol. The lowest BCUT2D eigenvalue weighted by Gasteiger charge is -2.15. The molecule has 0 amide bonds. The van der Waals surface area contributed by atoms with Gasteiger partial charge in [0.2, 0.25) is 5.95 Å². The minimum atomic E-state index is -4.93. The lowest BCUT2D eigenvalue weighted by Crippen LogP contribution is -2.37. The van der Waals surface area contributed by atoms with Crippen LogP contribution < -0.4 is 11.0 Å². The quantitative estimate of drug-likeness (QED) is 0.279. The zero-order valence-corrected chi connectivity index (χ0v) is 21.4. The highest BCUT2D eigenvalue weighted by Crippen LogP contribution is 2.25. The third kappa shape index (κ3) is 6.18. The van der Waals surface area contributed by atoms with Crippen LogP contribution in [0.3, 0.4) is 0 Å². The van der Waals surface area contributed by atoms with Gasteiger partial charge in [-0.3, -0.25) is 4.57 Å². The van der Waals surface area contributed by atoms with Crippen molar-refractivity contribution in [1.29, 1.82) is 0 Å². The molecule has 15 heteroatoms. The van der Waals surface area contributed by atoms with Crippen LogP contribution in [-0.2, 0) is 17.8 Å². The van der Waals surface area contributed by atoms with Crippen molar-refractivity contribution in [2.45, 2.75) is 25.4 Å². The normalized spacial score (nSPS) is 12.6. The molecule has 0 fully saturated rings. The average Bonchev–Trinajstić information content (AvgIpc) is 3.40. The third-order valence-corrected chi connectivity index (χ3v) is 5.94. The van der Waals surface area contributed by atoms with Gasteiger partial charge < -0.3 is 15.2 Å². The van der Waals surface area contributed by atoms with Crippen molar-refractivity contribution in [2.75, 3.05) is 25.6 Å². The minimum Gasteiger partial charge on any atom is -0.383 e. The molecule has 0 aliphatic carbocycles. The number of aliphatic hydroxyl groups excluding tert-OH is 1. The topological polar surface area (TPSA) is 112 Å². The largest absolute Gasteiger partial charge is 0.416 e. The number of rotatable bonds is 10. The zero-order valence-electron chi connectivity index (χ0n) is 19.9. The number of anilines is 1. The molecule has 4 rings (SSSR count). The maximum absolute atomic E-state index is 13.2. The lowest BCUT2D eigenvalue weighted by atomic mass is 10.2. The molecular formula is C23H22Cl2F3N7O3. The summed E-state index contributed by atoms with van der Waals surface area (Å²) >= 11 is 12.3. The molecule has 0 saturated heterocycles. The van der Waals surface area contributed by atoms with E-state index in [0.717, 1.165) is 9.25 Å². The summed E-state index contributed by atoms with van der Waals surface area (Å²) in [5, 5.41) is 22.2. The second kappa shape index (κ2) is 11.6. The summed E-state index contributed by atoms with van der Waals surface area (Å²) in [6.45, 7) is -0.555. The number of nitrogens with zero attached hydrogens (tertiary/aromatic N) is 6. The number of benzene rings is 2. The maximum atomic E-state index is 13.2. The molecule has 2 N–H and O–H groups in total. The summed E-state index contributed by atoms with van der Waals surface area (Å²) in [4.78, 5) is 17.6. The molecule has 0 radical (unpaired) electrons. The van der Waals surface area contributed by atoms with Crippen molar-refractivity contribution in [3.8, 4) is 17.1 Å². The summed E-state index contributed by atoms with van der Waals surface area (Å²) in [5.74, 6) is 0.359. The maximum Gasteiger partial charge on any atom is 0.416 e. The first kappa shape index (κ1) is 27.6. The van der Waals surface area contributed by atoms with E-state index in [9.17, 15) is 23.1 Å². The molecule has 0 bridgehead atoms. The number of halogens is 5. The Labute approximate surface area is 224 Å². The minimum absolute atomic E-state index is 0.0843. The fourth-order valence-corrected chi connectivity index (χ4v) is 3.87. The summed E-state index contributed by atoms with van der Waals surface area (Å²) in [5.41, 5.74) is -0.0433. The molecule has 0 saturated carbocycles. The molecular weight excluding hydrogens is 550 g/mol. The Morgan fingerprint density at radius 1 is 1.11 bits per heavy atom. The van der Waals surface area contributed by atoms with Crippen LogP contribution in [0.4, 0.5) is 19.1 Å². The number of aromatic nitrogens is 6. The summed E-state index contributed by atoms with van der Waals surface area (Å²) in [6.07, 6.45) is -7.71. The predicted molar refractivity (Wildman–Crippen MR) is 135 cm³/mol. The predicted octanol–water partition coefficient (Wildman–Crippen LogP) is 3.63. The zero-order chi connectivity index (χ0) is 27.4. The first-order valence-electron chi connectivity index (χ1n) is 11.2. The first-order chi connectivity index (χ1) is 18.1. The van der Waals surface area contributed by atoms with Crippen molar-refractivity contribution in [2.24, 2.45) is 0 Å². The van der Waals surface area contributed by atoms with Gasteiger partial charge in [-0.2, -0.15) is 22.8 Å². The highest BCUT2D eigenvalue weighted by atomic mass is 35.5. The van der Waals surface area contributed by atoms with Crippen LogP contribution in [0, 0.1) is 0 Å². The Bertz CT molecular complexity index is 1450. The number of para-hydroxylation sites is 1. The Morgan fingerprint density at radius 2 is 1.82 bits per heavy atom. The van der Waals surface area contributed by atoms with Crippen LogP contribution in [0.15, 0.2) is 53.3 Å². The van der Waals surface area contributed by atoms with E-state index in [-0.39, 0.29) is 18.2 Å². The van der Waals surface area contributed by atoms with Crippen LogP contribution in [0.25, 0.3) is 17.1 Å². The fourth-order valence-electron chi connectivity index (χ4n) is 3.52. The van der Waals surface area contributed by atoms with Gasteiger partial charge in [0.1, 0.15) is 6.54 Å². The number of aliphatic hydroxyl groups is 1. The van der Waals surface area contributed by atoms with Gasteiger partial charge in [0.05, 0.1) is 23.9 Å². The molecule has 0 aliphatic heterocycles. The van der Waals surface area contributed by atoms with Crippen molar-refractivity contribution < 1.29 is 23.0 Å². The van der Waals surface area contributed by atoms with E-state index in [1.54, 1.807) is 31.4 Å². The highest BCUT2D eigenvalue weighted by molar-refractivity contribution is 6.32. The number of methoxy groups -OCH3 is 1. The highest BCUT2D eigenvalue weighted by Gasteiger charge is 2.39. The molecule has 1 atom stereocenters. The van der Waals surface area contributed by atoms with Gasteiger partial charge in [0, 0.05) is 24.2 Å². The molecule has 202 valence electrons. The van der Waals surface area contributed by atoms with Crippen LogP contribution in [0.1, 0.15) is 5.82 Å². The molecule has 2 aromatic heterocycles. The summed E-state index contributed by atoms with van der Waals surface area (Å²) < 4.78 is 47.5. The molecule has 10 nitrogen and oxygen atoms in total. The molecule has 1 unspecified atom stereocenters. The van der Waals surface area contributed by atoms with Gasteiger partial charge in [0.25, 0.3) is 0 Å². The van der Waals surface area contributed by atoms with E-state index in [2.05, 4.69) is 20.5 Å². The molecule has 2 heterocycles. The van der Waals surface area contributed by atoms with Crippen LogP contribution in [0.5, 0.6) is 0 Å².